The smallest absolute Gasteiger partial charge is 0.371 e. The number of nitriles is 1. The quantitative estimate of drug-likeness (QED) is 0.687. The van der Waals surface area contributed by atoms with Crippen LogP contribution in [-0.4, -0.2) is 61.9 Å². The number of carbonyl (C=O) groups is 2. The predicted molar refractivity (Wildman–Crippen MR) is 116 cm³/mol. The number of carbonyl (C=O) groups excluding carboxylic acids is 2. The molecule has 0 radical (unpaired) electrons. The van der Waals surface area contributed by atoms with Gasteiger partial charge < -0.3 is 14.7 Å². The number of hydrogen-bond donors (Lipinski definition) is 0. The molecule has 2 aliphatic heterocycles. The molecular weight excluding hydrogens is 433 g/mol. The first-order valence-electron chi connectivity index (χ1n) is 11.4. The Bertz CT molecular complexity index is 973. The second kappa shape index (κ2) is 8.54. The Morgan fingerprint density at radius 1 is 1.21 bits per heavy atom. The lowest BCUT2D eigenvalue weighted by Crippen LogP contribution is -2.48. The van der Waals surface area contributed by atoms with Gasteiger partial charge in [0.15, 0.2) is 0 Å². The van der Waals surface area contributed by atoms with Crippen molar-refractivity contribution in [2.45, 2.75) is 38.3 Å². The Morgan fingerprint density at radius 2 is 1.88 bits per heavy atom. The standard InChI is InChI=1S/C24H29F3N4O2/c1-29(2)22(33)20-14-31(21(32)11-16-3-4-16)15-23(20)7-9-30(10-8-23)18-6-5-17(13-28)19(12-18)24(25,26)27/h5-6,12,16,20H,3-4,7-11,14-15H2,1-2H3. The summed E-state index contributed by atoms with van der Waals surface area (Å²) in [6, 6.07) is 5.42. The van der Waals surface area contributed by atoms with E-state index in [4.69, 9.17) is 5.26 Å². The normalized spacial score (nSPS) is 22.4. The number of anilines is 1. The maximum atomic E-state index is 13.4. The van der Waals surface area contributed by atoms with Crippen molar-refractivity contribution in [2.75, 3.05) is 45.2 Å². The molecule has 2 heterocycles. The zero-order valence-electron chi connectivity index (χ0n) is 19.0. The van der Waals surface area contributed by atoms with Crippen molar-refractivity contribution in [3.63, 3.8) is 0 Å². The molecule has 1 unspecified atom stereocenters. The number of rotatable bonds is 4. The number of halogens is 3. The lowest BCUT2D eigenvalue weighted by atomic mass is 9.70. The fourth-order valence-electron chi connectivity index (χ4n) is 5.29. The molecule has 2 amide bonds. The molecule has 1 spiro atoms. The molecule has 9 heteroatoms. The van der Waals surface area contributed by atoms with Crippen LogP contribution in [0.25, 0.3) is 0 Å². The second-order valence-electron chi connectivity index (χ2n) is 9.90. The number of benzene rings is 1. The van der Waals surface area contributed by atoms with Crippen molar-refractivity contribution in [3.8, 4) is 6.07 Å². The third-order valence-corrected chi connectivity index (χ3v) is 7.45. The van der Waals surface area contributed by atoms with E-state index in [2.05, 4.69) is 0 Å². The Balaban J connectivity index is 1.53. The van der Waals surface area contributed by atoms with E-state index >= 15 is 0 Å². The summed E-state index contributed by atoms with van der Waals surface area (Å²) in [4.78, 5) is 31.1. The maximum Gasteiger partial charge on any atom is 0.417 e. The number of hydrogen-bond acceptors (Lipinski definition) is 4. The minimum atomic E-state index is -4.60. The minimum absolute atomic E-state index is 0.00269. The summed E-state index contributed by atoms with van der Waals surface area (Å²) in [6.45, 7) is 1.92. The molecule has 4 rings (SSSR count). The largest absolute Gasteiger partial charge is 0.417 e. The van der Waals surface area contributed by atoms with Gasteiger partial charge in [0.2, 0.25) is 11.8 Å². The number of amides is 2. The van der Waals surface area contributed by atoms with Gasteiger partial charge in [0, 0.05) is 57.8 Å². The molecule has 3 aliphatic rings. The molecule has 33 heavy (non-hydrogen) atoms. The van der Waals surface area contributed by atoms with E-state index in [0.717, 1.165) is 18.9 Å². The van der Waals surface area contributed by atoms with Crippen LogP contribution in [0, 0.1) is 28.6 Å². The van der Waals surface area contributed by atoms with Crippen molar-refractivity contribution in [1.29, 1.82) is 5.26 Å². The Labute approximate surface area is 191 Å². The highest BCUT2D eigenvalue weighted by Gasteiger charge is 2.53. The number of piperidine rings is 1. The zero-order valence-corrected chi connectivity index (χ0v) is 19.0. The monoisotopic (exact) mass is 462 g/mol. The van der Waals surface area contributed by atoms with Gasteiger partial charge in [-0.2, -0.15) is 18.4 Å². The van der Waals surface area contributed by atoms with Gasteiger partial charge in [-0.05, 0) is 49.8 Å². The van der Waals surface area contributed by atoms with Crippen LogP contribution in [0.4, 0.5) is 18.9 Å². The summed E-state index contributed by atoms with van der Waals surface area (Å²) in [5.41, 5.74) is -1.26. The lowest BCUT2D eigenvalue weighted by molar-refractivity contribution is -0.138. The Hall–Kier alpha value is -2.76. The van der Waals surface area contributed by atoms with Gasteiger partial charge in [0.05, 0.1) is 23.1 Å². The van der Waals surface area contributed by atoms with Crippen LogP contribution in [-0.2, 0) is 15.8 Å². The van der Waals surface area contributed by atoms with Gasteiger partial charge in [0.1, 0.15) is 0 Å². The van der Waals surface area contributed by atoms with Gasteiger partial charge in [0.25, 0.3) is 0 Å². The van der Waals surface area contributed by atoms with Crippen molar-refractivity contribution < 1.29 is 22.8 Å². The fourth-order valence-corrected chi connectivity index (χ4v) is 5.29. The molecule has 0 N–H and O–H groups in total. The molecule has 1 aromatic rings. The molecule has 1 atom stereocenters. The highest BCUT2D eigenvalue weighted by molar-refractivity contribution is 5.83. The Morgan fingerprint density at radius 3 is 2.42 bits per heavy atom. The first-order chi connectivity index (χ1) is 15.5. The van der Waals surface area contributed by atoms with Crippen LogP contribution < -0.4 is 4.90 Å². The summed E-state index contributed by atoms with van der Waals surface area (Å²) in [6.07, 6.45) is -0.655. The summed E-state index contributed by atoms with van der Waals surface area (Å²) in [5.74, 6) is 0.279. The highest BCUT2D eigenvalue weighted by atomic mass is 19.4. The van der Waals surface area contributed by atoms with Crippen LogP contribution >= 0.6 is 0 Å². The Kier molecular flexibility index (Phi) is 6.06. The lowest BCUT2D eigenvalue weighted by Gasteiger charge is -2.43. The van der Waals surface area contributed by atoms with Gasteiger partial charge in [-0.25, -0.2) is 0 Å². The van der Waals surface area contributed by atoms with E-state index in [1.165, 1.54) is 6.07 Å². The summed E-state index contributed by atoms with van der Waals surface area (Å²) < 4.78 is 40.2. The fraction of sp³-hybridized carbons (Fsp3) is 0.625. The molecule has 1 aliphatic carbocycles. The first-order valence-corrected chi connectivity index (χ1v) is 11.4. The average Bonchev–Trinajstić information content (AvgIpc) is 3.52. The average molecular weight is 463 g/mol. The highest BCUT2D eigenvalue weighted by Crippen LogP contribution is 2.47. The van der Waals surface area contributed by atoms with Crippen LogP contribution in [0.5, 0.6) is 0 Å². The molecular formula is C24H29F3N4O2. The van der Waals surface area contributed by atoms with Crippen molar-refractivity contribution in [3.05, 3.63) is 29.3 Å². The van der Waals surface area contributed by atoms with Crippen LogP contribution in [0.3, 0.4) is 0 Å². The van der Waals surface area contributed by atoms with Crippen LogP contribution in [0.15, 0.2) is 18.2 Å². The van der Waals surface area contributed by atoms with Gasteiger partial charge in [-0.15, -0.1) is 0 Å². The number of nitrogens with zero attached hydrogens (tertiary/aromatic N) is 4. The molecule has 6 nitrogen and oxygen atoms in total. The molecule has 0 aromatic heterocycles. The van der Waals surface area contributed by atoms with E-state index in [1.54, 1.807) is 31.1 Å². The van der Waals surface area contributed by atoms with Gasteiger partial charge in [-0.1, -0.05) is 0 Å². The summed E-state index contributed by atoms with van der Waals surface area (Å²) in [5, 5.41) is 9.04. The topological polar surface area (TPSA) is 67.7 Å². The predicted octanol–water partition coefficient (Wildman–Crippen LogP) is 3.51. The maximum absolute atomic E-state index is 13.4. The molecule has 0 bridgehead atoms. The second-order valence-corrected chi connectivity index (χ2v) is 9.90. The summed E-state index contributed by atoms with van der Waals surface area (Å²) in [7, 11) is 3.44. The van der Waals surface area contributed by atoms with Crippen molar-refractivity contribution >= 4 is 17.5 Å². The van der Waals surface area contributed by atoms with E-state index in [1.807, 2.05) is 9.80 Å². The van der Waals surface area contributed by atoms with Crippen molar-refractivity contribution in [1.82, 2.24) is 9.80 Å². The van der Waals surface area contributed by atoms with Crippen molar-refractivity contribution in [2.24, 2.45) is 17.3 Å². The third-order valence-electron chi connectivity index (χ3n) is 7.45. The van der Waals surface area contributed by atoms with E-state index < -0.39 is 17.3 Å². The van der Waals surface area contributed by atoms with Crippen LogP contribution in [0.2, 0.25) is 0 Å². The SMILES string of the molecule is CN(C)C(=O)C1CN(C(=O)CC2CC2)CC12CCN(c1ccc(C#N)c(C(F)(F)F)c1)CC2. The zero-order chi connectivity index (χ0) is 24.0. The molecule has 178 valence electrons. The molecule has 1 aromatic carbocycles. The molecule has 3 fully saturated rings. The molecule has 2 saturated heterocycles. The summed E-state index contributed by atoms with van der Waals surface area (Å²) >= 11 is 0. The van der Waals surface area contributed by atoms with Gasteiger partial charge >= 0.3 is 6.18 Å². The molecule has 1 saturated carbocycles. The van der Waals surface area contributed by atoms with E-state index in [9.17, 15) is 22.8 Å². The van der Waals surface area contributed by atoms with E-state index in [0.29, 0.717) is 57.0 Å². The van der Waals surface area contributed by atoms with E-state index in [-0.39, 0.29) is 23.1 Å². The number of alkyl halides is 3. The first kappa shape index (κ1) is 23.4. The van der Waals surface area contributed by atoms with Gasteiger partial charge in [-0.3, -0.25) is 9.59 Å². The number of likely N-dealkylation sites (tertiary alicyclic amines) is 1. The third kappa shape index (κ3) is 4.66. The van der Waals surface area contributed by atoms with Crippen LogP contribution in [0.1, 0.15) is 43.2 Å². The minimum Gasteiger partial charge on any atom is -0.371 e.